The molecule has 0 aliphatic carbocycles. The van der Waals surface area contributed by atoms with Gasteiger partial charge in [-0.15, -0.1) is 0 Å². The van der Waals surface area contributed by atoms with Gasteiger partial charge in [0.15, 0.2) is 0 Å². The lowest BCUT2D eigenvalue weighted by atomic mass is 9.92. The highest BCUT2D eigenvalue weighted by Crippen LogP contribution is 2.22. The Balaban J connectivity index is 5.41. The van der Waals surface area contributed by atoms with E-state index in [2.05, 4.69) is 50.5 Å². The van der Waals surface area contributed by atoms with E-state index >= 15 is 0 Å². The van der Waals surface area contributed by atoms with Crippen molar-refractivity contribution in [2.24, 2.45) is 5.41 Å². The normalized spacial score (nSPS) is 12.0. The second-order valence-electron chi connectivity index (χ2n) is 6.19. The van der Waals surface area contributed by atoms with E-state index < -0.39 is 34.5 Å². The molecule has 8 nitrogen and oxygen atoms in total. The van der Waals surface area contributed by atoms with Crippen LogP contribution < -0.4 is 0 Å². The van der Waals surface area contributed by atoms with Crippen LogP contribution in [0.25, 0.3) is 0 Å². The molecule has 0 aromatic heterocycles. The molecule has 0 aliphatic heterocycles. The Labute approximate surface area is 192 Å². The van der Waals surface area contributed by atoms with Crippen LogP contribution in [0.2, 0.25) is 0 Å². The van der Waals surface area contributed by atoms with Gasteiger partial charge in [-0.3, -0.25) is 19.2 Å². The molecule has 0 aromatic rings. The number of ether oxygens (including phenoxy) is 4. The van der Waals surface area contributed by atoms with E-state index in [0.717, 1.165) is 0 Å². The second-order valence-corrected chi connectivity index (χ2v) is 8.30. The van der Waals surface area contributed by atoms with E-state index in [4.69, 9.17) is 18.9 Å². The third-order valence-corrected chi connectivity index (χ3v) is 4.31. The smallest absolute Gasteiger partial charge is 0.318 e. The van der Waals surface area contributed by atoms with Crippen LogP contribution in [0.15, 0.2) is 0 Å². The third kappa shape index (κ3) is 13.2. The molecule has 0 fully saturated rings. The summed E-state index contributed by atoms with van der Waals surface area (Å²) in [4.78, 5) is 47.2. The molecule has 0 amide bonds. The maximum atomic E-state index is 11.9. The number of hydrogen-bond acceptors (Lipinski definition) is 12. The number of thiol groups is 4. The molecule has 12 heteroatoms. The fourth-order valence-electron chi connectivity index (χ4n) is 1.79. The van der Waals surface area contributed by atoms with Gasteiger partial charge in [-0.2, -0.15) is 50.5 Å². The SMILES string of the molecule is CC(S)C(=O)OCC(COC(=O)CCS)(COC(=O)CCS)COC(=O)CCS. The van der Waals surface area contributed by atoms with Gasteiger partial charge in [-0.05, 0) is 6.92 Å². The van der Waals surface area contributed by atoms with E-state index in [1.54, 1.807) is 0 Å². The van der Waals surface area contributed by atoms with Crippen molar-refractivity contribution < 1.29 is 38.1 Å². The van der Waals surface area contributed by atoms with Crippen molar-refractivity contribution in [2.45, 2.75) is 31.4 Å². The van der Waals surface area contributed by atoms with Crippen molar-refractivity contribution in [3.63, 3.8) is 0 Å². The molecule has 0 heterocycles. The number of carbonyl (C=O) groups excluding carboxylic acids is 4. The highest BCUT2D eigenvalue weighted by molar-refractivity contribution is 7.81. The van der Waals surface area contributed by atoms with Crippen LogP contribution >= 0.6 is 50.5 Å². The molecule has 0 bridgehead atoms. The molecular formula is C17H28O8S4. The first-order valence-corrected chi connectivity index (χ1v) is 11.2. The number of esters is 4. The van der Waals surface area contributed by atoms with Crippen molar-refractivity contribution in [3.8, 4) is 0 Å². The van der Waals surface area contributed by atoms with Gasteiger partial charge in [-0.1, -0.05) is 0 Å². The molecule has 168 valence electrons. The van der Waals surface area contributed by atoms with Gasteiger partial charge in [0.05, 0.1) is 24.5 Å². The Morgan fingerprint density at radius 3 is 1.28 bits per heavy atom. The first-order chi connectivity index (χ1) is 13.7. The Morgan fingerprint density at radius 1 is 0.690 bits per heavy atom. The summed E-state index contributed by atoms with van der Waals surface area (Å²) >= 11 is 15.9. The molecule has 0 saturated heterocycles. The van der Waals surface area contributed by atoms with E-state index in [0.29, 0.717) is 0 Å². The molecule has 0 aromatic carbocycles. The van der Waals surface area contributed by atoms with Gasteiger partial charge in [0.1, 0.15) is 31.8 Å². The van der Waals surface area contributed by atoms with Gasteiger partial charge in [0.2, 0.25) is 0 Å². The quantitative estimate of drug-likeness (QED) is 0.156. The monoisotopic (exact) mass is 488 g/mol. The molecule has 0 N–H and O–H groups in total. The van der Waals surface area contributed by atoms with Crippen LogP contribution in [0.3, 0.4) is 0 Å². The summed E-state index contributed by atoms with van der Waals surface area (Å²) in [6, 6.07) is 0. The third-order valence-electron chi connectivity index (χ3n) is 3.43. The summed E-state index contributed by atoms with van der Waals surface area (Å²) in [7, 11) is 0. The fourth-order valence-corrected chi connectivity index (χ4v) is 2.41. The van der Waals surface area contributed by atoms with Crippen LogP contribution in [0.5, 0.6) is 0 Å². The van der Waals surface area contributed by atoms with Gasteiger partial charge < -0.3 is 18.9 Å². The average molecular weight is 489 g/mol. The van der Waals surface area contributed by atoms with Gasteiger partial charge in [-0.25, -0.2) is 0 Å². The average Bonchev–Trinajstić information content (AvgIpc) is 2.67. The van der Waals surface area contributed by atoms with E-state index in [9.17, 15) is 19.2 Å². The van der Waals surface area contributed by atoms with Crippen LogP contribution in [0.1, 0.15) is 26.2 Å². The lowest BCUT2D eigenvalue weighted by Gasteiger charge is -2.31. The predicted molar refractivity (Wildman–Crippen MR) is 120 cm³/mol. The maximum Gasteiger partial charge on any atom is 0.318 e. The second kappa shape index (κ2) is 16.0. The zero-order valence-electron chi connectivity index (χ0n) is 16.2. The summed E-state index contributed by atoms with van der Waals surface area (Å²) in [6.45, 7) is 0.328. The zero-order chi connectivity index (χ0) is 22.3. The van der Waals surface area contributed by atoms with Crippen molar-refractivity contribution in [1.29, 1.82) is 0 Å². The van der Waals surface area contributed by atoms with Crippen molar-refractivity contribution in [1.82, 2.24) is 0 Å². The van der Waals surface area contributed by atoms with Crippen LogP contribution in [-0.4, -0.2) is 72.8 Å². The summed E-state index contributed by atoms with van der Waals surface area (Å²) in [5.74, 6) is -1.39. The van der Waals surface area contributed by atoms with Crippen molar-refractivity contribution >= 4 is 74.4 Å². The summed E-state index contributed by atoms with van der Waals surface area (Å²) < 4.78 is 20.9. The standard InChI is InChI=1S/C17H28O8S4/c1-12(29)16(21)25-11-17(8-22-13(18)2-5-26,9-23-14(19)3-6-27)10-24-15(20)4-7-28/h12,26-29H,2-11H2,1H3. The predicted octanol–water partition coefficient (Wildman–Crippen LogP) is 1.42. The van der Waals surface area contributed by atoms with Crippen LogP contribution in [-0.2, 0) is 38.1 Å². The van der Waals surface area contributed by atoms with Crippen molar-refractivity contribution in [3.05, 3.63) is 0 Å². The van der Waals surface area contributed by atoms with Crippen molar-refractivity contribution in [2.75, 3.05) is 43.7 Å². The summed E-state index contributed by atoms with van der Waals surface area (Å²) in [6.07, 6.45) is 0.183. The molecular weight excluding hydrogens is 460 g/mol. The highest BCUT2D eigenvalue weighted by Gasteiger charge is 2.38. The summed E-state index contributed by atoms with van der Waals surface area (Å²) in [5.41, 5.74) is -1.27. The van der Waals surface area contributed by atoms with Crippen LogP contribution in [0.4, 0.5) is 0 Å². The Morgan fingerprint density at radius 2 is 1.00 bits per heavy atom. The zero-order valence-corrected chi connectivity index (χ0v) is 19.8. The fraction of sp³-hybridized carbons (Fsp3) is 0.765. The molecule has 0 spiro atoms. The lowest BCUT2D eigenvalue weighted by Crippen LogP contribution is -2.44. The first-order valence-electron chi connectivity index (χ1n) is 8.84. The minimum atomic E-state index is -1.27. The largest absolute Gasteiger partial charge is 0.465 e. The molecule has 0 aliphatic rings. The Hall–Kier alpha value is -0.720. The lowest BCUT2D eigenvalue weighted by molar-refractivity contribution is -0.170. The van der Waals surface area contributed by atoms with E-state index in [1.165, 1.54) is 6.92 Å². The minimum absolute atomic E-state index is 0.0610. The van der Waals surface area contributed by atoms with Gasteiger partial charge >= 0.3 is 23.9 Å². The molecule has 1 unspecified atom stereocenters. The number of rotatable bonds is 15. The highest BCUT2D eigenvalue weighted by atomic mass is 32.1. The van der Waals surface area contributed by atoms with E-state index in [-0.39, 0.29) is 62.9 Å². The Kier molecular flexibility index (Phi) is 15.6. The van der Waals surface area contributed by atoms with Crippen LogP contribution in [0, 0.1) is 5.41 Å². The first kappa shape index (κ1) is 28.3. The van der Waals surface area contributed by atoms with Gasteiger partial charge in [0, 0.05) is 17.3 Å². The molecule has 0 radical (unpaired) electrons. The number of carbonyl (C=O) groups is 4. The molecule has 1 atom stereocenters. The van der Waals surface area contributed by atoms with Gasteiger partial charge in [0.25, 0.3) is 0 Å². The molecule has 29 heavy (non-hydrogen) atoms. The number of hydrogen-bond donors (Lipinski definition) is 4. The molecule has 0 rings (SSSR count). The molecule has 0 saturated carbocycles. The minimum Gasteiger partial charge on any atom is -0.465 e. The maximum absolute atomic E-state index is 11.9. The topological polar surface area (TPSA) is 105 Å². The van der Waals surface area contributed by atoms with E-state index in [1.807, 2.05) is 0 Å². The Bertz CT molecular complexity index is 486. The summed E-state index contributed by atoms with van der Waals surface area (Å²) in [5, 5.41) is -0.696.